The number of piperidine rings is 1. The van der Waals surface area contributed by atoms with Gasteiger partial charge in [0.1, 0.15) is 11.5 Å². The zero-order chi connectivity index (χ0) is 23.6. The molecule has 5 nitrogen and oxygen atoms in total. The number of hydrogen-bond acceptors (Lipinski definition) is 3. The number of halogens is 4. The van der Waals surface area contributed by atoms with Gasteiger partial charge in [0, 0.05) is 12.2 Å². The number of hydrogen-bond donors (Lipinski definition) is 1. The van der Waals surface area contributed by atoms with E-state index < -0.39 is 29.2 Å². The van der Waals surface area contributed by atoms with Crippen molar-refractivity contribution in [2.45, 2.75) is 32.5 Å². The number of benzene rings is 2. The Bertz CT molecular complexity index is 1120. The zero-order valence-corrected chi connectivity index (χ0v) is 18.1. The maximum atomic E-state index is 14.1. The molecule has 1 amide bonds. The van der Waals surface area contributed by atoms with Crippen LogP contribution in [0.2, 0.25) is 0 Å². The molecule has 1 fully saturated rings. The fourth-order valence-electron chi connectivity index (χ4n) is 3.96. The molecule has 2 heterocycles. The fourth-order valence-corrected chi connectivity index (χ4v) is 3.96. The summed E-state index contributed by atoms with van der Waals surface area (Å²) in [5.41, 5.74) is -0.979. The lowest BCUT2D eigenvalue weighted by molar-refractivity contribution is -0.143. The van der Waals surface area contributed by atoms with Crippen LogP contribution in [-0.2, 0) is 12.7 Å². The molecule has 0 saturated carbocycles. The van der Waals surface area contributed by atoms with E-state index in [1.807, 2.05) is 12.1 Å². The molecule has 3 aromatic rings. The lowest BCUT2D eigenvalue weighted by Crippen LogP contribution is -2.32. The van der Waals surface area contributed by atoms with Gasteiger partial charge in [-0.2, -0.15) is 18.3 Å². The van der Waals surface area contributed by atoms with Gasteiger partial charge in [0.2, 0.25) is 0 Å². The van der Waals surface area contributed by atoms with E-state index in [1.165, 1.54) is 18.2 Å². The Morgan fingerprint density at radius 3 is 2.39 bits per heavy atom. The molecule has 0 aliphatic carbocycles. The lowest BCUT2D eigenvalue weighted by Gasteiger charge is -2.30. The average molecular weight is 460 g/mol. The van der Waals surface area contributed by atoms with Gasteiger partial charge >= 0.3 is 6.18 Å². The van der Waals surface area contributed by atoms with E-state index in [1.54, 1.807) is 12.1 Å². The van der Waals surface area contributed by atoms with Crippen LogP contribution >= 0.6 is 0 Å². The molecule has 9 heteroatoms. The topological polar surface area (TPSA) is 50.2 Å². The number of alkyl halides is 3. The maximum Gasteiger partial charge on any atom is 0.434 e. The number of anilines is 1. The van der Waals surface area contributed by atoms with Crippen LogP contribution in [0.15, 0.2) is 54.7 Å². The zero-order valence-electron chi connectivity index (χ0n) is 18.1. The minimum absolute atomic E-state index is 0.364. The second-order valence-electron chi connectivity index (χ2n) is 8.38. The van der Waals surface area contributed by atoms with Gasteiger partial charge in [-0.25, -0.2) is 9.07 Å². The minimum atomic E-state index is -4.92. The Labute approximate surface area is 189 Å². The average Bonchev–Trinajstić information content (AvgIpc) is 3.23. The van der Waals surface area contributed by atoms with Crippen molar-refractivity contribution < 1.29 is 22.4 Å². The molecule has 4 rings (SSSR count). The standard InChI is InChI=1S/C24H24F4N4O/c1-16-10-12-31(13-11-16)15-17-6-8-18(9-7-17)30-23(33)19-14-29-32(22(19)24(26,27)28)21-5-3-2-4-20(21)25/h2-9,14,16H,10-13,15H2,1H3,(H,30,33). The van der Waals surface area contributed by atoms with E-state index >= 15 is 0 Å². The van der Waals surface area contributed by atoms with Crippen molar-refractivity contribution in [2.75, 3.05) is 18.4 Å². The Hall–Kier alpha value is -3.20. The lowest BCUT2D eigenvalue weighted by atomic mass is 9.99. The largest absolute Gasteiger partial charge is 0.434 e. The van der Waals surface area contributed by atoms with Crippen molar-refractivity contribution in [3.63, 3.8) is 0 Å². The smallest absolute Gasteiger partial charge is 0.322 e. The van der Waals surface area contributed by atoms with Crippen LogP contribution in [0.25, 0.3) is 5.69 Å². The summed E-state index contributed by atoms with van der Waals surface area (Å²) in [7, 11) is 0. The molecule has 1 aliphatic heterocycles. The predicted molar refractivity (Wildman–Crippen MR) is 117 cm³/mol. The van der Waals surface area contributed by atoms with Gasteiger partial charge in [0.25, 0.3) is 5.91 Å². The fraction of sp³-hybridized carbons (Fsp3) is 0.333. The molecule has 0 bridgehead atoms. The normalized spacial score (nSPS) is 15.5. The van der Waals surface area contributed by atoms with E-state index in [2.05, 4.69) is 22.2 Å². The highest BCUT2D eigenvalue weighted by Crippen LogP contribution is 2.34. The number of rotatable bonds is 5. The highest BCUT2D eigenvalue weighted by molar-refractivity contribution is 6.05. The van der Waals surface area contributed by atoms with Gasteiger partial charge in [-0.3, -0.25) is 9.69 Å². The SMILES string of the molecule is CC1CCN(Cc2ccc(NC(=O)c3cnn(-c4ccccc4F)c3C(F)(F)F)cc2)CC1. The van der Waals surface area contributed by atoms with Crippen molar-refractivity contribution in [3.8, 4) is 5.69 Å². The van der Waals surface area contributed by atoms with Gasteiger partial charge < -0.3 is 5.32 Å². The third kappa shape index (κ3) is 5.24. The highest BCUT2D eigenvalue weighted by atomic mass is 19.4. The molecule has 1 saturated heterocycles. The Morgan fingerprint density at radius 1 is 1.09 bits per heavy atom. The highest BCUT2D eigenvalue weighted by Gasteiger charge is 2.41. The summed E-state index contributed by atoms with van der Waals surface area (Å²) in [6.07, 6.45) is -1.79. The second kappa shape index (κ2) is 9.35. The first kappa shape index (κ1) is 23.0. The van der Waals surface area contributed by atoms with Crippen LogP contribution < -0.4 is 5.32 Å². The molecule has 0 unspecified atom stereocenters. The molecule has 1 N–H and O–H groups in total. The molecular weight excluding hydrogens is 436 g/mol. The molecule has 0 atom stereocenters. The Balaban J connectivity index is 1.51. The monoisotopic (exact) mass is 460 g/mol. The summed E-state index contributed by atoms with van der Waals surface area (Å²) in [6, 6.07) is 12.0. The summed E-state index contributed by atoms with van der Waals surface area (Å²) in [5, 5.41) is 6.14. The van der Waals surface area contributed by atoms with Gasteiger partial charge in [-0.05, 0) is 61.7 Å². The Kier molecular flexibility index (Phi) is 6.51. The molecule has 2 aromatic carbocycles. The number of aromatic nitrogens is 2. The van der Waals surface area contributed by atoms with Crippen LogP contribution in [0, 0.1) is 11.7 Å². The van der Waals surface area contributed by atoms with Crippen molar-refractivity contribution in [1.82, 2.24) is 14.7 Å². The molecule has 1 aliphatic rings. The van der Waals surface area contributed by atoms with E-state index in [4.69, 9.17) is 0 Å². The van der Waals surface area contributed by atoms with E-state index in [-0.39, 0.29) is 5.69 Å². The molecule has 1 aromatic heterocycles. The second-order valence-corrected chi connectivity index (χ2v) is 8.38. The number of carbonyl (C=O) groups excluding carboxylic acids is 1. The number of amides is 1. The summed E-state index contributed by atoms with van der Waals surface area (Å²) < 4.78 is 55.9. The first-order valence-corrected chi connectivity index (χ1v) is 10.7. The van der Waals surface area contributed by atoms with Crippen LogP contribution in [0.3, 0.4) is 0 Å². The van der Waals surface area contributed by atoms with Crippen LogP contribution in [-0.4, -0.2) is 33.7 Å². The van der Waals surface area contributed by atoms with Gasteiger partial charge in [-0.1, -0.05) is 31.2 Å². The van der Waals surface area contributed by atoms with Crippen molar-refractivity contribution in [1.29, 1.82) is 0 Å². The third-order valence-electron chi connectivity index (χ3n) is 5.86. The van der Waals surface area contributed by atoms with Crippen LogP contribution in [0.5, 0.6) is 0 Å². The number of nitrogens with zero attached hydrogens (tertiary/aromatic N) is 3. The first-order valence-electron chi connectivity index (χ1n) is 10.7. The minimum Gasteiger partial charge on any atom is -0.322 e. The molecule has 33 heavy (non-hydrogen) atoms. The maximum absolute atomic E-state index is 14.1. The third-order valence-corrected chi connectivity index (χ3v) is 5.86. The quantitative estimate of drug-likeness (QED) is 0.511. The van der Waals surface area contributed by atoms with Crippen LogP contribution in [0.4, 0.5) is 23.2 Å². The van der Waals surface area contributed by atoms with Gasteiger partial charge in [0.05, 0.1) is 11.8 Å². The summed E-state index contributed by atoms with van der Waals surface area (Å²) in [6.45, 7) is 5.10. The van der Waals surface area contributed by atoms with Crippen molar-refractivity contribution in [3.05, 3.63) is 77.4 Å². The Morgan fingerprint density at radius 2 is 1.76 bits per heavy atom. The van der Waals surface area contributed by atoms with E-state index in [0.717, 1.165) is 56.2 Å². The summed E-state index contributed by atoms with van der Waals surface area (Å²) >= 11 is 0. The summed E-state index contributed by atoms with van der Waals surface area (Å²) in [4.78, 5) is 15.0. The predicted octanol–water partition coefficient (Wildman–Crippen LogP) is 5.51. The molecule has 174 valence electrons. The summed E-state index contributed by atoms with van der Waals surface area (Å²) in [5.74, 6) is -1.11. The molecule has 0 spiro atoms. The van der Waals surface area contributed by atoms with E-state index in [9.17, 15) is 22.4 Å². The molecule has 0 radical (unpaired) electrons. The van der Waals surface area contributed by atoms with Crippen molar-refractivity contribution >= 4 is 11.6 Å². The first-order chi connectivity index (χ1) is 15.7. The number of likely N-dealkylation sites (tertiary alicyclic amines) is 1. The number of nitrogens with one attached hydrogen (secondary N) is 1. The van der Waals surface area contributed by atoms with Gasteiger partial charge in [0.15, 0.2) is 5.69 Å². The van der Waals surface area contributed by atoms with Gasteiger partial charge in [-0.15, -0.1) is 0 Å². The molecular formula is C24H24F4N4O. The number of para-hydroxylation sites is 1. The van der Waals surface area contributed by atoms with Crippen LogP contribution in [0.1, 0.15) is 41.4 Å². The number of carbonyl (C=O) groups is 1. The van der Waals surface area contributed by atoms with E-state index in [0.29, 0.717) is 10.4 Å². The van der Waals surface area contributed by atoms with Crippen molar-refractivity contribution in [2.24, 2.45) is 5.92 Å².